The molecule has 2 rings (SSSR count). The quantitative estimate of drug-likeness (QED) is 0.852. The smallest absolute Gasteiger partial charge is 0.118 e. The van der Waals surface area contributed by atoms with Crippen molar-refractivity contribution in [1.29, 1.82) is 0 Å². The van der Waals surface area contributed by atoms with Gasteiger partial charge < -0.3 is 10.1 Å². The maximum absolute atomic E-state index is 5.23. The maximum atomic E-state index is 5.23. The van der Waals surface area contributed by atoms with Gasteiger partial charge in [-0.15, -0.1) is 0 Å². The number of methoxy groups -OCH3 is 1. The molecule has 0 saturated carbocycles. The van der Waals surface area contributed by atoms with Gasteiger partial charge >= 0.3 is 0 Å². The van der Waals surface area contributed by atoms with Crippen LogP contribution in [0.25, 0.3) is 0 Å². The summed E-state index contributed by atoms with van der Waals surface area (Å²) in [5.74, 6) is 0.895. The number of ether oxygens (including phenoxy) is 1. The summed E-state index contributed by atoms with van der Waals surface area (Å²) in [5, 5.41) is 3.62. The van der Waals surface area contributed by atoms with Crippen molar-refractivity contribution in [3.63, 3.8) is 0 Å². The van der Waals surface area contributed by atoms with E-state index in [0.29, 0.717) is 0 Å². The van der Waals surface area contributed by atoms with Gasteiger partial charge in [-0.1, -0.05) is 48.9 Å². The van der Waals surface area contributed by atoms with Crippen molar-refractivity contribution in [3.8, 4) is 5.75 Å². The molecule has 2 heteroatoms. The minimum atomic E-state index is 0.237. The largest absolute Gasteiger partial charge is 0.497 e. The Kier molecular flexibility index (Phi) is 5.19. The van der Waals surface area contributed by atoms with Gasteiger partial charge in [0.1, 0.15) is 5.75 Å². The first-order chi connectivity index (χ1) is 9.74. The predicted octanol–water partition coefficient (Wildman–Crippen LogP) is 4.09. The van der Waals surface area contributed by atoms with Crippen LogP contribution in [-0.4, -0.2) is 13.7 Å². The van der Waals surface area contributed by atoms with Gasteiger partial charge in [0, 0.05) is 0 Å². The van der Waals surface area contributed by atoms with E-state index in [1.165, 1.54) is 16.7 Å². The first kappa shape index (κ1) is 14.6. The van der Waals surface area contributed by atoms with Crippen molar-refractivity contribution in [2.24, 2.45) is 0 Å². The summed E-state index contributed by atoms with van der Waals surface area (Å²) < 4.78 is 5.23. The maximum Gasteiger partial charge on any atom is 0.118 e. The molecule has 0 bridgehead atoms. The molecule has 0 radical (unpaired) electrons. The van der Waals surface area contributed by atoms with Gasteiger partial charge in [0.25, 0.3) is 0 Å². The normalized spacial score (nSPS) is 12.2. The van der Waals surface area contributed by atoms with Crippen molar-refractivity contribution in [1.82, 2.24) is 5.32 Å². The van der Waals surface area contributed by atoms with Crippen LogP contribution in [-0.2, 0) is 0 Å². The highest BCUT2D eigenvalue weighted by atomic mass is 16.5. The van der Waals surface area contributed by atoms with Crippen LogP contribution in [0.4, 0.5) is 0 Å². The third-order valence-corrected chi connectivity index (χ3v) is 3.46. The zero-order valence-electron chi connectivity index (χ0n) is 12.5. The van der Waals surface area contributed by atoms with Crippen LogP contribution in [0.2, 0.25) is 0 Å². The zero-order valence-corrected chi connectivity index (χ0v) is 12.5. The minimum Gasteiger partial charge on any atom is -0.497 e. The van der Waals surface area contributed by atoms with E-state index in [1.807, 2.05) is 12.1 Å². The molecule has 0 fully saturated rings. The van der Waals surface area contributed by atoms with Crippen LogP contribution in [0, 0.1) is 6.92 Å². The highest BCUT2D eigenvalue weighted by molar-refractivity contribution is 5.36. The lowest BCUT2D eigenvalue weighted by molar-refractivity contribution is 0.414. The monoisotopic (exact) mass is 269 g/mol. The van der Waals surface area contributed by atoms with Crippen molar-refractivity contribution in [2.75, 3.05) is 13.7 Å². The zero-order chi connectivity index (χ0) is 14.4. The topological polar surface area (TPSA) is 21.3 Å². The van der Waals surface area contributed by atoms with Gasteiger partial charge in [0.05, 0.1) is 13.2 Å². The molecule has 0 aliphatic rings. The molecule has 0 amide bonds. The van der Waals surface area contributed by atoms with Crippen LogP contribution in [0.5, 0.6) is 5.75 Å². The SMILES string of the molecule is CCCNC(c1ccc(C)cc1)c1ccc(OC)cc1. The molecule has 0 heterocycles. The standard InChI is InChI=1S/C18H23NO/c1-4-13-19-18(15-7-5-14(2)6-8-15)16-9-11-17(20-3)12-10-16/h5-12,18-19H,4,13H2,1-3H3. The summed E-state index contributed by atoms with van der Waals surface area (Å²) in [5.41, 5.74) is 3.86. The molecule has 20 heavy (non-hydrogen) atoms. The van der Waals surface area contributed by atoms with Crippen molar-refractivity contribution in [2.45, 2.75) is 26.3 Å². The Morgan fingerprint density at radius 2 is 1.50 bits per heavy atom. The highest BCUT2D eigenvalue weighted by Crippen LogP contribution is 2.24. The van der Waals surface area contributed by atoms with E-state index in [9.17, 15) is 0 Å². The van der Waals surface area contributed by atoms with Gasteiger partial charge in [-0.2, -0.15) is 0 Å². The minimum absolute atomic E-state index is 0.237. The number of benzene rings is 2. The number of hydrogen-bond donors (Lipinski definition) is 1. The fourth-order valence-electron chi connectivity index (χ4n) is 2.27. The Morgan fingerprint density at radius 3 is 2.00 bits per heavy atom. The molecule has 0 aromatic heterocycles. The third-order valence-electron chi connectivity index (χ3n) is 3.46. The Labute approximate surface area is 121 Å². The second kappa shape index (κ2) is 7.11. The van der Waals surface area contributed by atoms with Crippen LogP contribution < -0.4 is 10.1 Å². The fourth-order valence-corrected chi connectivity index (χ4v) is 2.27. The summed E-state index contributed by atoms with van der Waals surface area (Å²) in [7, 11) is 1.70. The summed E-state index contributed by atoms with van der Waals surface area (Å²) in [6.07, 6.45) is 1.12. The average Bonchev–Trinajstić information content (AvgIpc) is 2.50. The Bertz CT molecular complexity index is 516. The van der Waals surface area contributed by atoms with E-state index < -0.39 is 0 Å². The second-order valence-electron chi connectivity index (χ2n) is 5.07. The van der Waals surface area contributed by atoms with Gasteiger partial charge in [-0.3, -0.25) is 0 Å². The van der Waals surface area contributed by atoms with Crippen LogP contribution in [0.3, 0.4) is 0 Å². The molecule has 2 aromatic rings. The van der Waals surface area contributed by atoms with E-state index in [1.54, 1.807) is 7.11 Å². The number of nitrogens with one attached hydrogen (secondary N) is 1. The van der Waals surface area contributed by atoms with Gasteiger partial charge in [0.15, 0.2) is 0 Å². The average molecular weight is 269 g/mol. The predicted molar refractivity (Wildman–Crippen MR) is 84.3 cm³/mol. The Balaban J connectivity index is 2.27. The first-order valence-electron chi connectivity index (χ1n) is 7.18. The lowest BCUT2D eigenvalue weighted by Gasteiger charge is -2.20. The number of rotatable bonds is 6. The molecule has 0 spiro atoms. The highest BCUT2D eigenvalue weighted by Gasteiger charge is 2.13. The number of hydrogen-bond acceptors (Lipinski definition) is 2. The summed E-state index contributed by atoms with van der Waals surface area (Å²) in [4.78, 5) is 0. The lowest BCUT2D eigenvalue weighted by Crippen LogP contribution is -2.23. The molecule has 0 saturated heterocycles. The molecule has 2 nitrogen and oxygen atoms in total. The lowest BCUT2D eigenvalue weighted by atomic mass is 9.97. The van der Waals surface area contributed by atoms with Crippen LogP contribution in [0.1, 0.15) is 36.1 Å². The fraction of sp³-hybridized carbons (Fsp3) is 0.333. The molecule has 1 N–H and O–H groups in total. The molecule has 1 unspecified atom stereocenters. The molecule has 2 aromatic carbocycles. The molecular weight excluding hydrogens is 246 g/mol. The molecular formula is C18H23NO. The van der Waals surface area contributed by atoms with Gasteiger partial charge in [-0.05, 0) is 43.1 Å². The van der Waals surface area contributed by atoms with Crippen LogP contribution in [0.15, 0.2) is 48.5 Å². The molecule has 1 atom stereocenters. The van der Waals surface area contributed by atoms with Crippen molar-refractivity contribution >= 4 is 0 Å². The third kappa shape index (κ3) is 3.61. The van der Waals surface area contributed by atoms with Crippen molar-refractivity contribution < 1.29 is 4.74 Å². The Hall–Kier alpha value is -1.80. The van der Waals surface area contributed by atoms with Crippen LogP contribution >= 0.6 is 0 Å². The van der Waals surface area contributed by atoms with Crippen molar-refractivity contribution in [3.05, 3.63) is 65.2 Å². The summed E-state index contributed by atoms with van der Waals surface area (Å²) >= 11 is 0. The molecule has 0 aliphatic carbocycles. The van der Waals surface area contributed by atoms with E-state index in [4.69, 9.17) is 4.74 Å². The first-order valence-corrected chi connectivity index (χ1v) is 7.18. The van der Waals surface area contributed by atoms with E-state index in [0.717, 1.165) is 18.7 Å². The molecule has 0 aliphatic heterocycles. The summed E-state index contributed by atoms with van der Waals surface area (Å²) in [6, 6.07) is 17.3. The Morgan fingerprint density at radius 1 is 0.950 bits per heavy atom. The number of aryl methyl sites for hydroxylation is 1. The van der Waals surface area contributed by atoms with E-state index in [2.05, 4.69) is 55.6 Å². The van der Waals surface area contributed by atoms with Gasteiger partial charge in [-0.25, -0.2) is 0 Å². The second-order valence-corrected chi connectivity index (χ2v) is 5.07. The molecule has 106 valence electrons. The van der Waals surface area contributed by atoms with E-state index in [-0.39, 0.29) is 6.04 Å². The van der Waals surface area contributed by atoms with Gasteiger partial charge in [0.2, 0.25) is 0 Å². The summed E-state index contributed by atoms with van der Waals surface area (Å²) in [6.45, 7) is 5.31. The van der Waals surface area contributed by atoms with E-state index >= 15 is 0 Å².